The maximum Gasteiger partial charge on any atom is 0.402 e. The molecule has 0 saturated heterocycles. The molecule has 0 spiro atoms. The number of ether oxygens (including phenoxy) is 1. The first kappa shape index (κ1) is 15.1. The van der Waals surface area contributed by atoms with Crippen molar-refractivity contribution in [2.75, 3.05) is 11.5 Å². The molecule has 2 aromatic rings. The van der Waals surface area contributed by atoms with Gasteiger partial charge in [-0.2, -0.15) is 13.2 Å². The first-order valence-electron chi connectivity index (χ1n) is 6.56. The molecule has 0 unspecified atom stereocenters. The van der Waals surface area contributed by atoms with Crippen molar-refractivity contribution in [3.63, 3.8) is 0 Å². The largest absolute Gasteiger partial charge is 0.506 e. The molecule has 2 aromatic carbocycles. The van der Waals surface area contributed by atoms with Crippen LogP contribution >= 0.6 is 0 Å². The Kier molecular flexibility index (Phi) is 2.88. The van der Waals surface area contributed by atoms with Gasteiger partial charge in [0.25, 0.3) is 0 Å². The average Bonchev–Trinajstić information content (AvgIpc) is 2.43. The molecule has 0 fully saturated rings. The smallest absolute Gasteiger partial charge is 0.402 e. The van der Waals surface area contributed by atoms with Gasteiger partial charge >= 0.3 is 6.18 Å². The highest BCUT2D eigenvalue weighted by atomic mass is 19.4. The van der Waals surface area contributed by atoms with E-state index in [-0.39, 0.29) is 34.0 Å². The Bertz CT molecular complexity index is 761. The molecule has 122 valence electrons. The van der Waals surface area contributed by atoms with E-state index in [9.17, 15) is 23.4 Å². The monoisotopic (exact) mass is 326 g/mol. The Morgan fingerprint density at radius 2 is 1.30 bits per heavy atom. The van der Waals surface area contributed by atoms with Gasteiger partial charge in [-0.15, -0.1) is 0 Å². The number of nitrogen functional groups attached to an aromatic ring is 2. The molecule has 8 heteroatoms. The van der Waals surface area contributed by atoms with Crippen molar-refractivity contribution in [2.45, 2.75) is 18.5 Å². The van der Waals surface area contributed by atoms with Crippen molar-refractivity contribution >= 4 is 11.4 Å². The fourth-order valence-electron chi connectivity index (χ4n) is 2.69. The SMILES string of the molecule is CC1(C(F)(F)F)c2cc(O)c(N)cc2Oc2cc(N)c(O)cc21. The standard InChI is InChI=1S/C15H13F3N2O3/c1-14(15(16,17)18)6-2-10(21)8(19)4-12(6)23-13-5-9(20)11(22)3-7(13)14/h2-5,21-22H,19-20H2,1H3. The van der Waals surface area contributed by atoms with Gasteiger partial charge in [0, 0.05) is 23.3 Å². The Labute approximate surface area is 128 Å². The van der Waals surface area contributed by atoms with E-state index in [0.29, 0.717) is 0 Å². The number of aromatic hydroxyl groups is 2. The third kappa shape index (κ3) is 1.94. The minimum absolute atomic E-state index is 0.108. The van der Waals surface area contributed by atoms with Crippen molar-refractivity contribution in [1.29, 1.82) is 0 Å². The maximum absolute atomic E-state index is 13.9. The molecule has 0 bridgehead atoms. The summed E-state index contributed by atoms with van der Waals surface area (Å²) in [6, 6.07) is 4.10. The third-order valence-electron chi connectivity index (χ3n) is 4.12. The van der Waals surface area contributed by atoms with E-state index < -0.39 is 23.1 Å². The Balaban J connectivity index is 2.39. The zero-order chi connectivity index (χ0) is 17.2. The number of halogens is 3. The molecule has 23 heavy (non-hydrogen) atoms. The van der Waals surface area contributed by atoms with Crippen LogP contribution in [0.15, 0.2) is 24.3 Å². The van der Waals surface area contributed by atoms with Crippen molar-refractivity contribution < 1.29 is 28.1 Å². The zero-order valence-electron chi connectivity index (χ0n) is 11.9. The normalized spacial score (nSPS) is 15.5. The summed E-state index contributed by atoms with van der Waals surface area (Å²) in [4.78, 5) is 0. The second kappa shape index (κ2) is 4.37. The first-order chi connectivity index (χ1) is 10.6. The van der Waals surface area contributed by atoms with Crippen LogP contribution in [0.4, 0.5) is 24.5 Å². The van der Waals surface area contributed by atoms with E-state index in [1.165, 1.54) is 0 Å². The highest BCUT2D eigenvalue weighted by Crippen LogP contribution is 2.57. The first-order valence-corrected chi connectivity index (χ1v) is 6.56. The molecular weight excluding hydrogens is 313 g/mol. The maximum atomic E-state index is 13.9. The van der Waals surface area contributed by atoms with Gasteiger partial charge in [-0.3, -0.25) is 0 Å². The highest BCUT2D eigenvalue weighted by molar-refractivity contribution is 5.70. The number of phenols is 2. The molecular formula is C15H13F3N2O3. The van der Waals surface area contributed by atoms with Gasteiger partial charge in [0.1, 0.15) is 28.4 Å². The van der Waals surface area contributed by atoms with Crippen LogP contribution in [0.1, 0.15) is 18.1 Å². The van der Waals surface area contributed by atoms with Crippen LogP contribution in [0.3, 0.4) is 0 Å². The highest BCUT2D eigenvalue weighted by Gasteiger charge is 2.58. The van der Waals surface area contributed by atoms with Crippen molar-refractivity contribution in [2.24, 2.45) is 0 Å². The van der Waals surface area contributed by atoms with Crippen molar-refractivity contribution in [3.8, 4) is 23.0 Å². The number of hydrogen-bond donors (Lipinski definition) is 4. The van der Waals surface area contributed by atoms with E-state index in [4.69, 9.17) is 16.2 Å². The minimum Gasteiger partial charge on any atom is -0.506 e. The van der Waals surface area contributed by atoms with Gasteiger partial charge in [-0.1, -0.05) is 0 Å². The number of hydrogen-bond acceptors (Lipinski definition) is 5. The summed E-state index contributed by atoms with van der Waals surface area (Å²) in [6.07, 6.45) is -4.72. The fraction of sp³-hybridized carbons (Fsp3) is 0.200. The number of phenolic OH excluding ortho intramolecular Hbond substituents is 2. The van der Waals surface area contributed by atoms with E-state index in [1.54, 1.807) is 0 Å². The summed E-state index contributed by atoms with van der Waals surface area (Å²) in [5.74, 6) is -1.22. The van der Waals surface area contributed by atoms with Gasteiger partial charge in [0.05, 0.1) is 11.4 Å². The van der Waals surface area contributed by atoms with Crippen LogP contribution in [0.5, 0.6) is 23.0 Å². The van der Waals surface area contributed by atoms with Gasteiger partial charge in [-0.05, 0) is 19.1 Å². The van der Waals surface area contributed by atoms with Crippen LogP contribution in [-0.2, 0) is 5.41 Å². The predicted molar refractivity (Wildman–Crippen MR) is 77.6 cm³/mol. The van der Waals surface area contributed by atoms with E-state index in [2.05, 4.69) is 0 Å². The summed E-state index contributed by atoms with van der Waals surface area (Å²) in [6.45, 7) is 0.943. The van der Waals surface area contributed by atoms with Crippen molar-refractivity contribution in [3.05, 3.63) is 35.4 Å². The van der Waals surface area contributed by atoms with Gasteiger partial charge < -0.3 is 26.4 Å². The van der Waals surface area contributed by atoms with E-state index >= 15 is 0 Å². The summed E-state index contributed by atoms with van der Waals surface area (Å²) in [7, 11) is 0. The molecule has 1 heterocycles. The van der Waals surface area contributed by atoms with Crippen LogP contribution in [0.2, 0.25) is 0 Å². The Morgan fingerprint density at radius 3 is 1.65 bits per heavy atom. The minimum atomic E-state index is -4.72. The lowest BCUT2D eigenvalue weighted by Gasteiger charge is -2.39. The third-order valence-corrected chi connectivity index (χ3v) is 4.12. The Morgan fingerprint density at radius 1 is 0.913 bits per heavy atom. The van der Waals surface area contributed by atoms with Crippen LogP contribution in [-0.4, -0.2) is 16.4 Å². The number of benzene rings is 2. The van der Waals surface area contributed by atoms with Gasteiger partial charge in [0.2, 0.25) is 0 Å². The summed E-state index contributed by atoms with van der Waals surface area (Å²) < 4.78 is 47.1. The molecule has 0 aromatic heterocycles. The lowest BCUT2D eigenvalue weighted by atomic mass is 9.73. The van der Waals surface area contributed by atoms with Crippen LogP contribution in [0.25, 0.3) is 0 Å². The lowest BCUT2D eigenvalue weighted by Crippen LogP contribution is -2.42. The molecule has 1 aliphatic heterocycles. The van der Waals surface area contributed by atoms with E-state index in [0.717, 1.165) is 31.2 Å². The zero-order valence-corrected chi connectivity index (χ0v) is 11.9. The second-order valence-corrected chi connectivity index (χ2v) is 5.54. The molecule has 0 atom stereocenters. The second-order valence-electron chi connectivity index (χ2n) is 5.54. The van der Waals surface area contributed by atoms with Crippen molar-refractivity contribution in [1.82, 2.24) is 0 Å². The number of anilines is 2. The molecule has 0 aliphatic carbocycles. The lowest BCUT2D eigenvalue weighted by molar-refractivity contribution is -0.174. The molecule has 0 saturated carbocycles. The number of fused-ring (bicyclic) bond motifs is 2. The van der Waals surface area contributed by atoms with Gasteiger partial charge in [-0.25, -0.2) is 0 Å². The van der Waals surface area contributed by atoms with Gasteiger partial charge in [0.15, 0.2) is 0 Å². The quantitative estimate of drug-likeness (QED) is 0.440. The molecule has 0 radical (unpaired) electrons. The number of nitrogens with two attached hydrogens (primary N) is 2. The summed E-state index contributed by atoms with van der Waals surface area (Å²) in [5.41, 5.74) is 7.76. The van der Waals surface area contributed by atoms with Crippen LogP contribution < -0.4 is 16.2 Å². The number of alkyl halides is 3. The van der Waals surface area contributed by atoms with Crippen LogP contribution in [0, 0.1) is 0 Å². The summed E-state index contributed by atoms with van der Waals surface area (Å²) in [5, 5.41) is 19.4. The fourth-order valence-corrected chi connectivity index (χ4v) is 2.69. The summed E-state index contributed by atoms with van der Waals surface area (Å²) >= 11 is 0. The molecule has 6 N–H and O–H groups in total. The molecule has 0 amide bonds. The predicted octanol–water partition coefficient (Wildman–Crippen LogP) is 3.24. The average molecular weight is 326 g/mol. The Hall–Kier alpha value is -2.77. The van der Waals surface area contributed by atoms with E-state index in [1.807, 2.05) is 0 Å². The molecule has 1 aliphatic rings. The number of rotatable bonds is 0. The topological polar surface area (TPSA) is 102 Å². The molecule has 5 nitrogen and oxygen atoms in total. The molecule has 3 rings (SSSR count).